The maximum atomic E-state index is 12.0. The Morgan fingerprint density at radius 2 is 2.05 bits per heavy atom. The molecule has 1 aliphatic carbocycles. The largest absolute Gasteiger partial charge is 0.481 e. The van der Waals surface area contributed by atoms with Gasteiger partial charge in [0.25, 0.3) is 0 Å². The number of carboxylic acid groups (broad SMARTS) is 1. The van der Waals surface area contributed by atoms with Gasteiger partial charge in [-0.3, -0.25) is 4.79 Å². The fourth-order valence-corrected chi connectivity index (χ4v) is 4.53. The first-order valence-corrected chi connectivity index (χ1v) is 8.01. The number of aliphatic carboxylic acids is 1. The summed E-state index contributed by atoms with van der Waals surface area (Å²) in [6.07, 6.45) is 0. The predicted octanol–water partition coefficient (Wildman–Crippen LogP) is 1.02. The van der Waals surface area contributed by atoms with E-state index in [2.05, 4.69) is 0 Å². The van der Waals surface area contributed by atoms with Crippen molar-refractivity contribution >= 4 is 15.8 Å². The van der Waals surface area contributed by atoms with Crippen molar-refractivity contribution in [3.05, 3.63) is 23.8 Å². The van der Waals surface area contributed by atoms with Crippen LogP contribution in [-0.2, 0) is 14.6 Å². The van der Waals surface area contributed by atoms with E-state index in [1.165, 1.54) is 6.92 Å². The second-order valence-corrected chi connectivity index (χ2v) is 7.37. The molecule has 7 heteroatoms. The number of carboxylic acids is 1. The molecule has 1 N–H and O–H groups in total. The highest BCUT2D eigenvalue weighted by Crippen LogP contribution is 2.54. The van der Waals surface area contributed by atoms with Crippen LogP contribution in [0.3, 0.4) is 0 Å². The summed E-state index contributed by atoms with van der Waals surface area (Å²) in [7, 11) is -3.38. The van der Waals surface area contributed by atoms with E-state index in [0.717, 1.165) is 0 Å². The smallest absolute Gasteiger partial charge is 0.308 e. The molecule has 2 aliphatic rings. The summed E-state index contributed by atoms with van der Waals surface area (Å²) < 4.78 is 34.4. The lowest BCUT2D eigenvalue weighted by Crippen LogP contribution is -2.14. The molecule has 1 aromatic carbocycles. The van der Waals surface area contributed by atoms with Gasteiger partial charge in [-0.2, -0.15) is 0 Å². The van der Waals surface area contributed by atoms with Crippen LogP contribution in [0.1, 0.15) is 18.4 Å². The number of fused-ring (bicyclic) bond motifs is 1. The first-order valence-electron chi connectivity index (χ1n) is 6.29. The molecule has 0 unspecified atom stereocenters. The van der Waals surface area contributed by atoms with Crippen LogP contribution in [0.15, 0.2) is 18.2 Å². The summed E-state index contributed by atoms with van der Waals surface area (Å²) in [5, 5.41) is 8.35. The maximum absolute atomic E-state index is 12.0. The van der Waals surface area contributed by atoms with Crippen LogP contribution in [0, 0.1) is 5.92 Å². The number of hydrogen-bond acceptors (Lipinski definition) is 5. The van der Waals surface area contributed by atoms with Gasteiger partial charge < -0.3 is 14.6 Å². The molecule has 0 radical (unpaired) electrons. The topological polar surface area (TPSA) is 89.9 Å². The molecule has 1 fully saturated rings. The quantitative estimate of drug-likeness (QED) is 0.892. The second-order valence-electron chi connectivity index (χ2n) is 4.92. The zero-order valence-corrected chi connectivity index (χ0v) is 11.6. The minimum atomic E-state index is -3.38. The summed E-state index contributed by atoms with van der Waals surface area (Å²) >= 11 is 0. The second kappa shape index (κ2) is 4.37. The van der Waals surface area contributed by atoms with E-state index >= 15 is 0 Å². The highest BCUT2D eigenvalue weighted by Gasteiger charge is 2.62. The van der Waals surface area contributed by atoms with Crippen molar-refractivity contribution in [2.75, 3.05) is 12.5 Å². The summed E-state index contributed by atoms with van der Waals surface area (Å²) in [6, 6.07) is 5.07. The van der Waals surface area contributed by atoms with Gasteiger partial charge in [-0.25, -0.2) is 8.42 Å². The van der Waals surface area contributed by atoms with Gasteiger partial charge in [0.2, 0.25) is 6.79 Å². The van der Waals surface area contributed by atoms with Gasteiger partial charge >= 0.3 is 5.97 Å². The maximum Gasteiger partial charge on any atom is 0.308 e. The summed E-state index contributed by atoms with van der Waals surface area (Å²) in [5.74, 6) is -1.38. The Kier molecular flexibility index (Phi) is 2.89. The minimum Gasteiger partial charge on any atom is -0.481 e. The minimum absolute atomic E-state index is 0.0531. The Hall–Kier alpha value is -1.76. The molecule has 6 nitrogen and oxygen atoms in total. The summed E-state index contributed by atoms with van der Waals surface area (Å²) in [4.78, 5) is 11.2. The third-order valence-electron chi connectivity index (χ3n) is 3.84. The molecule has 0 amide bonds. The Balaban J connectivity index is 1.95. The number of sulfone groups is 1. The van der Waals surface area contributed by atoms with E-state index in [4.69, 9.17) is 9.47 Å². The van der Waals surface area contributed by atoms with Gasteiger partial charge in [-0.1, -0.05) is 13.0 Å². The third-order valence-corrected chi connectivity index (χ3v) is 6.06. The van der Waals surface area contributed by atoms with E-state index in [1.54, 1.807) is 18.2 Å². The lowest BCUT2D eigenvalue weighted by molar-refractivity contribution is -0.138. The summed E-state index contributed by atoms with van der Waals surface area (Å²) in [5.41, 5.74) is 0.670. The van der Waals surface area contributed by atoms with Crippen LogP contribution in [0.25, 0.3) is 0 Å². The molecule has 0 spiro atoms. The zero-order valence-electron chi connectivity index (χ0n) is 10.8. The van der Waals surface area contributed by atoms with Gasteiger partial charge in [0, 0.05) is 11.7 Å². The molecule has 1 aliphatic heterocycles. The SMILES string of the molecule is CCS(=O)(=O)[C@@H]1[C@H](C(=O)O)[C@H]1c1ccc2c(c1)OCO2. The van der Waals surface area contributed by atoms with Crippen molar-refractivity contribution in [3.8, 4) is 11.5 Å². The van der Waals surface area contributed by atoms with E-state index in [0.29, 0.717) is 17.1 Å². The fourth-order valence-electron chi connectivity index (χ4n) is 2.73. The van der Waals surface area contributed by atoms with Gasteiger partial charge in [0.1, 0.15) is 0 Å². The molecule has 0 bridgehead atoms. The first kappa shape index (κ1) is 13.2. The molecule has 0 aromatic heterocycles. The number of ether oxygens (including phenoxy) is 2. The van der Waals surface area contributed by atoms with Crippen molar-refractivity contribution in [2.45, 2.75) is 18.1 Å². The molecule has 1 heterocycles. The van der Waals surface area contributed by atoms with Gasteiger partial charge in [-0.05, 0) is 17.7 Å². The number of carbonyl (C=O) groups is 1. The van der Waals surface area contributed by atoms with E-state index < -0.39 is 32.9 Å². The standard InChI is InChI=1S/C13H14O6S/c1-2-20(16,17)12-10(11(12)13(14)15)7-3-4-8-9(5-7)19-6-18-8/h3-5,10-12H,2,6H2,1H3,(H,14,15)/t10-,11-,12+/m1/s1. The van der Waals surface area contributed by atoms with E-state index in [1.807, 2.05) is 0 Å². The Bertz CT molecular complexity index is 665. The van der Waals surface area contributed by atoms with Crippen molar-refractivity contribution < 1.29 is 27.8 Å². The van der Waals surface area contributed by atoms with Crippen LogP contribution < -0.4 is 9.47 Å². The average Bonchev–Trinajstić information content (AvgIpc) is 3.02. The molecule has 108 valence electrons. The molecule has 1 saturated carbocycles. The van der Waals surface area contributed by atoms with Crippen LogP contribution in [0.5, 0.6) is 11.5 Å². The monoisotopic (exact) mass is 298 g/mol. The van der Waals surface area contributed by atoms with E-state index in [-0.39, 0.29) is 12.5 Å². The normalized spacial score (nSPS) is 27.4. The van der Waals surface area contributed by atoms with Crippen molar-refractivity contribution in [1.82, 2.24) is 0 Å². The van der Waals surface area contributed by atoms with Gasteiger partial charge in [-0.15, -0.1) is 0 Å². The lowest BCUT2D eigenvalue weighted by Gasteiger charge is -2.02. The lowest BCUT2D eigenvalue weighted by atomic mass is 10.1. The van der Waals surface area contributed by atoms with Crippen molar-refractivity contribution in [1.29, 1.82) is 0 Å². The zero-order chi connectivity index (χ0) is 14.5. The van der Waals surface area contributed by atoms with Crippen LogP contribution in [-0.4, -0.2) is 37.3 Å². The average molecular weight is 298 g/mol. The number of rotatable bonds is 4. The van der Waals surface area contributed by atoms with Gasteiger partial charge in [0.15, 0.2) is 21.3 Å². The molecule has 1 aromatic rings. The molecule has 3 rings (SSSR count). The third kappa shape index (κ3) is 1.93. The Morgan fingerprint density at radius 1 is 1.35 bits per heavy atom. The molecular weight excluding hydrogens is 284 g/mol. The van der Waals surface area contributed by atoms with E-state index in [9.17, 15) is 18.3 Å². The number of hydrogen-bond donors (Lipinski definition) is 1. The van der Waals surface area contributed by atoms with Crippen LogP contribution in [0.2, 0.25) is 0 Å². The molecule has 0 saturated heterocycles. The van der Waals surface area contributed by atoms with Crippen molar-refractivity contribution in [3.63, 3.8) is 0 Å². The predicted molar refractivity (Wildman–Crippen MR) is 69.7 cm³/mol. The highest BCUT2D eigenvalue weighted by molar-refractivity contribution is 7.92. The van der Waals surface area contributed by atoms with Crippen LogP contribution >= 0.6 is 0 Å². The Morgan fingerprint density at radius 3 is 2.70 bits per heavy atom. The fraction of sp³-hybridized carbons (Fsp3) is 0.462. The first-order chi connectivity index (χ1) is 9.45. The molecule has 20 heavy (non-hydrogen) atoms. The van der Waals surface area contributed by atoms with Crippen LogP contribution in [0.4, 0.5) is 0 Å². The number of benzene rings is 1. The summed E-state index contributed by atoms with van der Waals surface area (Å²) in [6.45, 7) is 1.66. The Labute approximate surface area is 116 Å². The molecule has 3 atom stereocenters. The van der Waals surface area contributed by atoms with Crippen molar-refractivity contribution in [2.24, 2.45) is 5.92 Å². The highest BCUT2D eigenvalue weighted by atomic mass is 32.2. The van der Waals surface area contributed by atoms with Gasteiger partial charge in [0.05, 0.1) is 11.2 Å². The molecular formula is C13H14O6S.